The number of hydrogen-bond acceptors (Lipinski definition) is 8. The van der Waals surface area contributed by atoms with E-state index in [1.165, 1.54) is 16.7 Å². The summed E-state index contributed by atoms with van der Waals surface area (Å²) in [6.07, 6.45) is 1.93. The largest absolute Gasteiger partial charge is 0.394 e. The lowest BCUT2D eigenvalue weighted by Gasteiger charge is -2.14. The van der Waals surface area contributed by atoms with E-state index in [0.717, 1.165) is 16.7 Å². The molecule has 4 N–H and O–H groups in total. The van der Waals surface area contributed by atoms with Crippen LogP contribution in [0.4, 0.5) is 17.5 Å². The first-order valence-corrected chi connectivity index (χ1v) is 11.0. The Morgan fingerprint density at radius 1 is 1.09 bits per heavy atom. The molecule has 1 aromatic heterocycles. The van der Waals surface area contributed by atoms with Crippen LogP contribution in [0.15, 0.2) is 59.2 Å². The fraction of sp³-hybridized carbons (Fsp3) is 0.292. The standard InChI is InChI=1S/C14H17BrN4O.C9H13N.CO2/c1-9-4-3-5-11(6-9)18-14-16-7-12(15)13(19-14)17-10(2)8-20;1-8-3-5-9(6-4-8)7-10-2;2-1-3/h3-7,10,20H,8H2,1-2H3,(H2,16,17,18,19);3-6,10H,7H2,1-2H3;. The molecule has 0 aliphatic carbocycles. The third-order valence-corrected chi connectivity index (χ3v) is 4.76. The third-order valence-electron chi connectivity index (χ3n) is 4.18. The molecule has 0 aliphatic rings. The molecule has 1 atom stereocenters. The Kier molecular flexibility index (Phi) is 13.3. The van der Waals surface area contributed by atoms with Crippen molar-refractivity contribution in [2.45, 2.75) is 33.4 Å². The number of carbonyl (C=O) groups excluding carboxylic acids is 2. The van der Waals surface area contributed by atoms with E-state index in [1.807, 2.05) is 45.2 Å². The predicted octanol–water partition coefficient (Wildman–Crippen LogP) is 4.21. The SMILES string of the molecule is CNCc1ccc(C)cc1.Cc1cccc(Nc2ncc(Br)c(NC(C)CO)n2)c1.O=C=O. The van der Waals surface area contributed by atoms with Crippen molar-refractivity contribution >= 4 is 39.5 Å². The lowest BCUT2D eigenvalue weighted by atomic mass is 10.1. The second-order valence-corrected chi connectivity index (χ2v) is 8.07. The van der Waals surface area contributed by atoms with E-state index in [0.29, 0.717) is 11.8 Å². The van der Waals surface area contributed by atoms with E-state index in [-0.39, 0.29) is 18.8 Å². The number of aromatic nitrogens is 2. The van der Waals surface area contributed by atoms with Gasteiger partial charge in [-0.3, -0.25) is 0 Å². The van der Waals surface area contributed by atoms with Crippen LogP contribution >= 0.6 is 15.9 Å². The van der Waals surface area contributed by atoms with Gasteiger partial charge in [-0.05, 0) is 67.0 Å². The number of aliphatic hydroxyl groups is 1. The van der Waals surface area contributed by atoms with E-state index in [4.69, 9.17) is 14.7 Å². The molecule has 8 nitrogen and oxygen atoms in total. The number of benzene rings is 2. The van der Waals surface area contributed by atoms with E-state index < -0.39 is 0 Å². The van der Waals surface area contributed by atoms with Crippen LogP contribution < -0.4 is 16.0 Å². The van der Waals surface area contributed by atoms with Crippen molar-refractivity contribution in [1.82, 2.24) is 15.3 Å². The number of anilines is 3. The van der Waals surface area contributed by atoms with Gasteiger partial charge in [-0.25, -0.2) is 4.98 Å². The smallest absolute Gasteiger partial charge is 0.373 e. The van der Waals surface area contributed by atoms with Gasteiger partial charge < -0.3 is 21.1 Å². The van der Waals surface area contributed by atoms with Gasteiger partial charge in [0.2, 0.25) is 5.95 Å². The summed E-state index contributed by atoms with van der Waals surface area (Å²) in [5.41, 5.74) is 4.76. The molecule has 0 radical (unpaired) electrons. The Morgan fingerprint density at radius 2 is 1.76 bits per heavy atom. The van der Waals surface area contributed by atoms with Crippen LogP contribution in [0.3, 0.4) is 0 Å². The van der Waals surface area contributed by atoms with Gasteiger partial charge in [-0.1, -0.05) is 42.0 Å². The maximum atomic E-state index is 9.09. The molecule has 0 spiro atoms. The molecule has 1 unspecified atom stereocenters. The van der Waals surface area contributed by atoms with Crippen molar-refractivity contribution in [3.8, 4) is 0 Å². The van der Waals surface area contributed by atoms with Gasteiger partial charge in [0.05, 0.1) is 11.1 Å². The zero-order valence-corrected chi connectivity index (χ0v) is 20.8. The Morgan fingerprint density at radius 3 is 2.33 bits per heavy atom. The Labute approximate surface area is 203 Å². The molecule has 3 rings (SSSR count). The van der Waals surface area contributed by atoms with Gasteiger partial charge in [-0.2, -0.15) is 14.6 Å². The zero-order valence-electron chi connectivity index (χ0n) is 19.2. The predicted molar refractivity (Wildman–Crippen MR) is 133 cm³/mol. The molecular formula is C24H30BrN5O3. The summed E-state index contributed by atoms with van der Waals surface area (Å²) in [6, 6.07) is 16.5. The number of aliphatic hydroxyl groups excluding tert-OH is 1. The summed E-state index contributed by atoms with van der Waals surface area (Å²) < 4.78 is 0.757. The summed E-state index contributed by atoms with van der Waals surface area (Å²) in [6.45, 7) is 7.01. The Balaban J connectivity index is 0.000000349. The minimum absolute atomic E-state index is 0.0388. The molecule has 2 aromatic carbocycles. The molecule has 0 bridgehead atoms. The first-order valence-electron chi connectivity index (χ1n) is 10.3. The highest BCUT2D eigenvalue weighted by atomic mass is 79.9. The van der Waals surface area contributed by atoms with Gasteiger partial charge in [0.15, 0.2) is 0 Å². The van der Waals surface area contributed by atoms with E-state index >= 15 is 0 Å². The maximum Gasteiger partial charge on any atom is 0.373 e. The molecule has 0 amide bonds. The van der Waals surface area contributed by atoms with E-state index in [9.17, 15) is 0 Å². The average Bonchev–Trinajstić information content (AvgIpc) is 2.79. The monoisotopic (exact) mass is 515 g/mol. The fourth-order valence-electron chi connectivity index (χ4n) is 2.57. The van der Waals surface area contributed by atoms with Crippen molar-refractivity contribution in [3.05, 3.63) is 75.9 Å². The molecule has 3 aromatic rings. The second kappa shape index (κ2) is 15.7. The van der Waals surface area contributed by atoms with Crippen LogP contribution in [-0.2, 0) is 16.1 Å². The Bertz CT molecular complexity index is 1010. The zero-order chi connectivity index (χ0) is 24.6. The minimum atomic E-state index is -0.0759. The number of hydrogen-bond donors (Lipinski definition) is 4. The van der Waals surface area contributed by atoms with Crippen LogP contribution in [0.1, 0.15) is 23.6 Å². The van der Waals surface area contributed by atoms with Crippen molar-refractivity contribution in [2.24, 2.45) is 0 Å². The molecule has 33 heavy (non-hydrogen) atoms. The summed E-state index contributed by atoms with van der Waals surface area (Å²) in [5.74, 6) is 1.16. The van der Waals surface area contributed by atoms with Crippen molar-refractivity contribution in [3.63, 3.8) is 0 Å². The van der Waals surface area contributed by atoms with Crippen molar-refractivity contribution in [2.75, 3.05) is 24.3 Å². The summed E-state index contributed by atoms with van der Waals surface area (Å²) in [7, 11) is 1.96. The first-order chi connectivity index (χ1) is 15.8. The quantitative estimate of drug-likeness (QED) is 0.369. The van der Waals surface area contributed by atoms with Crippen LogP contribution in [0.2, 0.25) is 0 Å². The number of aryl methyl sites for hydroxylation is 2. The average molecular weight is 516 g/mol. The number of nitrogens with one attached hydrogen (secondary N) is 3. The van der Waals surface area contributed by atoms with E-state index in [2.05, 4.69) is 73.0 Å². The normalized spacial score (nSPS) is 10.5. The van der Waals surface area contributed by atoms with Gasteiger partial charge >= 0.3 is 6.15 Å². The van der Waals surface area contributed by atoms with Crippen LogP contribution in [0.5, 0.6) is 0 Å². The van der Waals surface area contributed by atoms with Crippen LogP contribution in [-0.4, -0.2) is 40.9 Å². The second-order valence-electron chi connectivity index (χ2n) is 7.21. The highest BCUT2D eigenvalue weighted by Crippen LogP contribution is 2.22. The number of nitrogens with zero attached hydrogens (tertiary/aromatic N) is 2. The molecule has 176 valence electrons. The van der Waals surface area contributed by atoms with Gasteiger partial charge in [0, 0.05) is 24.5 Å². The van der Waals surface area contributed by atoms with E-state index in [1.54, 1.807) is 6.20 Å². The third kappa shape index (κ3) is 11.4. The molecule has 9 heteroatoms. The summed E-state index contributed by atoms with van der Waals surface area (Å²) in [4.78, 5) is 24.9. The highest BCUT2D eigenvalue weighted by Gasteiger charge is 2.08. The molecule has 0 fully saturated rings. The molecule has 0 saturated carbocycles. The van der Waals surface area contributed by atoms with Gasteiger partial charge in [0.1, 0.15) is 5.82 Å². The van der Waals surface area contributed by atoms with Crippen LogP contribution in [0.25, 0.3) is 0 Å². The lowest BCUT2D eigenvalue weighted by molar-refractivity contribution is -0.191. The Hall–Kier alpha value is -3.10. The fourth-order valence-corrected chi connectivity index (χ4v) is 2.88. The summed E-state index contributed by atoms with van der Waals surface area (Å²) >= 11 is 3.39. The van der Waals surface area contributed by atoms with Crippen molar-refractivity contribution in [1.29, 1.82) is 0 Å². The van der Waals surface area contributed by atoms with Crippen molar-refractivity contribution < 1.29 is 14.7 Å². The number of rotatable bonds is 7. The molecule has 0 aliphatic heterocycles. The molecule has 0 saturated heterocycles. The lowest BCUT2D eigenvalue weighted by Crippen LogP contribution is -2.20. The molecular weight excluding hydrogens is 486 g/mol. The minimum Gasteiger partial charge on any atom is -0.394 e. The topological polar surface area (TPSA) is 116 Å². The maximum absolute atomic E-state index is 9.09. The van der Waals surface area contributed by atoms with Crippen LogP contribution in [0, 0.1) is 13.8 Å². The van der Waals surface area contributed by atoms with Gasteiger partial charge in [-0.15, -0.1) is 0 Å². The molecule has 1 heterocycles. The highest BCUT2D eigenvalue weighted by molar-refractivity contribution is 9.10. The van der Waals surface area contributed by atoms with Gasteiger partial charge in [0.25, 0.3) is 0 Å². The number of halogens is 1. The first kappa shape index (κ1) is 27.9. The summed E-state index contributed by atoms with van der Waals surface area (Å²) in [5, 5.41) is 18.5.